The highest BCUT2D eigenvalue weighted by atomic mass is 79.9. The highest BCUT2D eigenvalue weighted by Gasteiger charge is 2.07. The first kappa shape index (κ1) is 14.4. The Morgan fingerprint density at radius 2 is 2.00 bits per heavy atom. The molecule has 4 heteroatoms. The maximum Gasteiger partial charge on any atom is 0.141 e. The van der Waals surface area contributed by atoms with Gasteiger partial charge in [-0.15, -0.1) is 0 Å². The Balaban J connectivity index is 2.19. The number of rotatable bonds is 4. The maximum atomic E-state index is 6.23. The Hall–Kier alpha value is -1.03. The Morgan fingerprint density at radius 3 is 2.63 bits per heavy atom. The van der Waals surface area contributed by atoms with E-state index >= 15 is 0 Å². The van der Waals surface area contributed by atoms with Gasteiger partial charge in [0.15, 0.2) is 0 Å². The van der Waals surface area contributed by atoms with Gasteiger partial charge in [-0.1, -0.05) is 29.8 Å². The highest BCUT2D eigenvalue weighted by Crippen LogP contribution is 2.31. The molecule has 1 atom stereocenters. The van der Waals surface area contributed by atoms with E-state index in [1.54, 1.807) is 0 Å². The monoisotopic (exact) mass is 339 g/mol. The van der Waals surface area contributed by atoms with E-state index in [1.807, 2.05) is 49.4 Å². The molecule has 2 aromatic carbocycles. The summed E-state index contributed by atoms with van der Waals surface area (Å²) < 4.78 is 6.70. The molecule has 1 unspecified atom stereocenters. The Bertz CT molecular complexity index is 572. The molecule has 0 aliphatic rings. The van der Waals surface area contributed by atoms with Crippen molar-refractivity contribution < 1.29 is 4.74 Å². The molecular weight excluding hydrogens is 326 g/mol. The van der Waals surface area contributed by atoms with Gasteiger partial charge in [0, 0.05) is 11.1 Å². The van der Waals surface area contributed by atoms with Gasteiger partial charge in [-0.2, -0.15) is 0 Å². The zero-order chi connectivity index (χ0) is 13.8. The summed E-state index contributed by atoms with van der Waals surface area (Å²) in [6, 6.07) is 13.5. The van der Waals surface area contributed by atoms with E-state index in [0.29, 0.717) is 10.8 Å². The number of benzene rings is 2. The summed E-state index contributed by atoms with van der Waals surface area (Å²) in [5.74, 6) is 1.48. The first-order valence-electron chi connectivity index (χ1n) is 6.02. The first-order valence-corrected chi connectivity index (χ1v) is 7.20. The number of hydrogen-bond donors (Lipinski definition) is 1. The summed E-state index contributed by atoms with van der Waals surface area (Å²) >= 11 is 9.68. The molecule has 0 aliphatic carbocycles. The summed E-state index contributed by atoms with van der Waals surface area (Å²) in [7, 11) is 0. The van der Waals surface area contributed by atoms with Crippen molar-refractivity contribution in [1.82, 2.24) is 0 Å². The summed E-state index contributed by atoms with van der Waals surface area (Å²) in [6.45, 7) is 1.96. The van der Waals surface area contributed by atoms with Crippen LogP contribution in [0.5, 0.6) is 11.5 Å². The number of para-hydroxylation sites is 1. The lowest BCUT2D eigenvalue weighted by Gasteiger charge is -2.11. The van der Waals surface area contributed by atoms with E-state index in [-0.39, 0.29) is 6.04 Å². The molecule has 0 aromatic heterocycles. The van der Waals surface area contributed by atoms with Gasteiger partial charge >= 0.3 is 0 Å². The molecule has 0 bridgehead atoms. The quantitative estimate of drug-likeness (QED) is 0.869. The number of halogens is 2. The van der Waals surface area contributed by atoms with Crippen LogP contribution < -0.4 is 10.5 Å². The van der Waals surface area contributed by atoms with Crippen molar-refractivity contribution >= 4 is 27.5 Å². The lowest BCUT2D eigenvalue weighted by molar-refractivity contribution is 0.479. The standard InChI is InChI=1S/C15H15BrClNO/c1-10(18)8-11-6-7-12(9-14(11)17)19-15-5-3-2-4-13(15)16/h2-7,9-10H,8,18H2,1H3. The summed E-state index contributed by atoms with van der Waals surface area (Å²) in [5.41, 5.74) is 6.82. The van der Waals surface area contributed by atoms with Gasteiger partial charge in [-0.05, 0) is 59.1 Å². The van der Waals surface area contributed by atoms with Crippen molar-refractivity contribution in [2.75, 3.05) is 0 Å². The Labute approximate surface area is 126 Å². The summed E-state index contributed by atoms with van der Waals surface area (Å²) in [5, 5.41) is 0.682. The van der Waals surface area contributed by atoms with Gasteiger partial charge in [-0.3, -0.25) is 0 Å². The smallest absolute Gasteiger partial charge is 0.141 e. The van der Waals surface area contributed by atoms with Crippen LogP contribution in [0.3, 0.4) is 0 Å². The first-order chi connectivity index (χ1) is 9.06. The van der Waals surface area contributed by atoms with Gasteiger partial charge in [0.1, 0.15) is 11.5 Å². The SMILES string of the molecule is CC(N)Cc1ccc(Oc2ccccc2Br)cc1Cl. The molecule has 100 valence electrons. The van der Waals surface area contributed by atoms with Gasteiger partial charge < -0.3 is 10.5 Å². The van der Waals surface area contributed by atoms with Gasteiger partial charge in [0.2, 0.25) is 0 Å². The van der Waals surface area contributed by atoms with Crippen LogP contribution in [0.15, 0.2) is 46.9 Å². The fourth-order valence-corrected chi connectivity index (χ4v) is 2.37. The molecule has 2 N–H and O–H groups in total. The molecule has 0 saturated heterocycles. The van der Waals surface area contributed by atoms with Crippen LogP contribution in [-0.2, 0) is 6.42 Å². The van der Waals surface area contributed by atoms with Crippen LogP contribution in [0.1, 0.15) is 12.5 Å². The van der Waals surface area contributed by atoms with Crippen LogP contribution in [0.2, 0.25) is 5.02 Å². The van der Waals surface area contributed by atoms with Crippen LogP contribution in [0.25, 0.3) is 0 Å². The van der Waals surface area contributed by atoms with Crippen LogP contribution in [0, 0.1) is 0 Å². The van der Waals surface area contributed by atoms with E-state index in [1.165, 1.54) is 0 Å². The third-order valence-corrected chi connectivity index (χ3v) is 3.64. The van der Waals surface area contributed by atoms with Crippen molar-refractivity contribution in [2.45, 2.75) is 19.4 Å². The van der Waals surface area contributed by atoms with Gasteiger partial charge in [0.05, 0.1) is 4.47 Å². The fourth-order valence-electron chi connectivity index (χ4n) is 1.76. The van der Waals surface area contributed by atoms with E-state index in [0.717, 1.165) is 22.2 Å². The average molecular weight is 341 g/mol. The normalized spacial score (nSPS) is 12.2. The van der Waals surface area contributed by atoms with E-state index < -0.39 is 0 Å². The molecule has 2 aromatic rings. The number of nitrogens with two attached hydrogens (primary N) is 1. The number of ether oxygens (including phenoxy) is 1. The maximum absolute atomic E-state index is 6.23. The molecule has 19 heavy (non-hydrogen) atoms. The van der Waals surface area contributed by atoms with Crippen LogP contribution >= 0.6 is 27.5 Å². The minimum absolute atomic E-state index is 0.0903. The predicted octanol–water partition coefficient (Wildman–Crippen LogP) is 4.78. The molecule has 0 radical (unpaired) electrons. The molecule has 0 amide bonds. The molecular formula is C15H15BrClNO. The molecule has 2 nitrogen and oxygen atoms in total. The molecule has 0 saturated carbocycles. The van der Waals surface area contributed by atoms with Crippen molar-refractivity contribution in [3.05, 3.63) is 57.5 Å². The summed E-state index contributed by atoms with van der Waals surface area (Å²) in [6.07, 6.45) is 0.758. The zero-order valence-corrected chi connectivity index (χ0v) is 12.9. The molecule has 0 aliphatic heterocycles. The minimum Gasteiger partial charge on any atom is -0.456 e. The van der Waals surface area contributed by atoms with E-state index in [9.17, 15) is 0 Å². The van der Waals surface area contributed by atoms with Gasteiger partial charge in [-0.25, -0.2) is 0 Å². The van der Waals surface area contributed by atoms with Crippen molar-refractivity contribution in [3.63, 3.8) is 0 Å². The van der Waals surface area contributed by atoms with Crippen LogP contribution in [-0.4, -0.2) is 6.04 Å². The third kappa shape index (κ3) is 3.96. The molecule has 2 rings (SSSR count). The van der Waals surface area contributed by atoms with Crippen molar-refractivity contribution in [1.29, 1.82) is 0 Å². The van der Waals surface area contributed by atoms with Crippen molar-refractivity contribution in [3.8, 4) is 11.5 Å². The van der Waals surface area contributed by atoms with E-state index in [4.69, 9.17) is 22.1 Å². The minimum atomic E-state index is 0.0903. The molecule has 0 heterocycles. The third-order valence-electron chi connectivity index (χ3n) is 2.63. The molecule has 0 spiro atoms. The lowest BCUT2D eigenvalue weighted by Crippen LogP contribution is -2.17. The van der Waals surface area contributed by atoms with E-state index in [2.05, 4.69) is 15.9 Å². The van der Waals surface area contributed by atoms with Gasteiger partial charge in [0.25, 0.3) is 0 Å². The second kappa shape index (κ2) is 6.42. The second-order valence-corrected chi connectivity index (χ2v) is 5.73. The Morgan fingerprint density at radius 1 is 1.26 bits per heavy atom. The predicted molar refractivity (Wildman–Crippen MR) is 83.0 cm³/mol. The largest absolute Gasteiger partial charge is 0.456 e. The molecule has 0 fully saturated rings. The zero-order valence-electron chi connectivity index (χ0n) is 10.6. The average Bonchev–Trinajstić information content (AvgIpc) is 2.35. The summed E-state index contributed by atoms with van der Waals surface area (Å²) in [4.78, 5) is 0. The second-order valence-electron chi connectivity index (χ2n) is 4.47. The number of hydrogen-bond acceptors (Lipinski definition) is 2. The van der Waals surface area contributed by atoms with Crippen molar-refractivity contribution in [2.24, 2.45) is 5.73 Å². The Kier molecular flexibility index (Phi) is 4.86. The fraction of sp³-hybridized carbons (Fsp3) is 0.200. The topological polar surface area (TPSA) is 35.2 Å². The lowest BCUT2D eigenvalue weighted by atomic mass is 10.1. The highest BCUT2D eigenvalue weighted by molar-refractivity contribution is 9.10. The van der Waals surface area contributed by atoms with Crippen LogP contribution in [0.4, 0.5) is 0 Å².